The van der Waals surface area contributed by atoms with E-state index in [-0.39, 0.29) is 0 Å². The first-order valence-corrected chi connectivity index (χ1v) is 12.2. The van der Waals surface area contributed by atoms with Crippen molar-refractivity contribution in [1.82, 2.24) is 5.43 Å². The van der Waals surface area contributed by atoms with E-state index >= 15 is 0 Å². The van der Waals surface area contributed by atoms with Gasteiger partial charge in [-0.1, -0.05) is 50.6 Å². The predicted octanol–water partition coefficient (Wildman–Crippen LogP) is 3.30. The number of nitrogens with one attached hydrogen (secondary N) is 1. The Labute approximate surface area is 166 Å². The van der Waals surface area contributed by atoms with Gasteiger partial charge in [-0.15, -0.1) is 0 Å². The number of rotatable bonds is 4. The second kappa shape index (κ2) is 8.22. The molecule has 148 valence electrons. The summed E-state index contributed by atoms with van der Waals surface area (Å²) in [6.45, 7) is 4.62. The molecular weight excluding hydrogens is 380 g/mol. The molecule has 0 saturated heterocycles. The average Bonchev–Trinajstić information content (AvgIpc) is 2.65. The zero-order valence-corrected chi connectivity index (χ0v) is 18.0. The first kappa shape index (κ1) is 20.2. The van der Waals surface area contributed by atoms with Crippen LogP contribution < -0.4 is 9.73 Å². The van der Waals surface area contributed by atoms with Crippen LogP contribution in [0.3, 0.4) is 0 Å². The van der Waals surface area contributed by atoms with Crippen LogP contribution in [0.1, 0.15) is 38.7 Å². The molecule has 1 heterocycles. The van der Waals surface area contributed by atoms with Gasteiger partial charge in [-0.05, 0) is 36.0 Å². The van der Waals surface area contributed by atoms with Crippen LogP contribution in [0.2, 0.25) is 0 Å². The van der Waals surface area contributed by atoms with Gasteiger partial charge in [-0.3, -0.25) is 14.7 Å². The molecule has 0 radical (unpaired) electrons. The number of hydrogen-bond acceptors (Lipinski definition) is 5. The van der Waals surface area contributed by atoms with Crippen molar-refractivity contribution in [2.75, 3.05) is 23.4 Å². The van der Waals surface area contributed by atoms with Crippen LogP contribution in [0.5, 0.6) is 0 Å². The molecule has 2 aliphatic rings. The minimum absolute atomic E-state index is 0.381. The normalized spacial score (nSPS) is 27.8. The van der Waals surface area contributed by atoms with E-state index in [9.17, 15) is 8.42 Å². The van der Waals surface area contributed by atoms with E-state index in [4.69, 9.17) is 4.99 Å². The summed E-state index contributed by atoms with van der Waals surface area (Å²) in [5, 5.41) is 5.40. The molecule has 3 atom stereocenters. The van der Waals surface area contributed by atoms with Crippen molar-refractivity contribution >= 4 is 38.4 Å². The largest absolute Gasteiger partial charge is 0.274 e. The number of hydrazone groups is 1. The molecule has 1 aliphatic carbocycles. The van der Waals surface area contributed by atoms with Gasteiger partial charge in [0.1, 0.15) is 0 Å². The van der Waals surface area contributed by atoms with Crippen LogP contribution >= 0.6 is 11.8 Å². The summed E-state index contributed by atoms with van der Waals surface area (Å²) in [5.41, 5.74) is 5.67. The zero-order valence-electron chi connectivity index (χ0n) is 16.3. The maximum Gasteiger partial charge on any atom is 0.231 e. The molecule has 27 heavy (non-hydrogen) atoms. The number of sulfonamides is 1. The lowest BCUT2D eigenvalue weighted by atomic mass is 9.78. The Balaban J connectivity index is 1.67. The van der Waals surface area contributed by atoms with Gasteiger partial charge in [-0.2, -0.15) is 5.10 Å². The molecular formula is C19H28N4O2S2. The van der Waals surface area contributed by atoms with Crippen molar-refractivity contribution in [2.45, 2.75) is 39.2 Å². The average molecular weight is 409 g/mol. The van der Waals surface area contributed by atoms with Crippen molar-refractivity contribution in [3.8, 4) is 0 Å². The number of thioether (sulfide) groups is 1. The van der Waals surface area contributed by atoms with Crippen molar-refractivity contribution in [3.05, 3.63) is 29.8 Å². The number of amidine groups is 1. The highest BCUT2D eigenvalue weighted by atomic mass is 32.2. The van der Waals surface area contributed by atoms with E-state index in [1.54, 1.807) is 30.9 Å². The number of aliphatic imine (C=N–C) groups is 1. The molecule has 0 amide bonds. The second-order valence-electron chi connectivity index (χ2n) is 7.51. The standard InChI is InChI=1S/C19H28N4O2S2/c1-13-6-5-7-17(14(13)2)20-19-22-21-18(12-26-19)15-8-10-16(11-9-15)23(3)27(4,24)25/h8-11,13-14,17H,5-7,12H2,1-4H3,(H,20,22). The number of anilines is 1. The SMILES string of the molecule is CC1CCCC(N=C2NN=C(c3ccc(N(C)S(C)(=O)=O)cc3)CS2)C1C. The number of benzene rings is 1. The van der Waals surface area contributed by atoms with Gasteiger partial charge in [0, 0.05) is 12.8 Å². The smallest absolute Gasteiger partial charge is 0.231 e. The van der Waals surface area contributed by atoms with E-state index in [2.05, 4.69) is 24.4 Å². The van der Waals surface area contributed by atoms with E-state index in [0.717, 1.165) is 34.5 Å². The van der Waals surface area contributed by atoms with Gasteiger partial charge in [0.2, 0.25) is 10.0 Å². The highest BCUT2D eigenvalue weighted by Crippen LogP contribution is 2.32. The highest BCUT2D eigenvalue weighted by Gasteiger charge is 2.27. The molecule has 1 saturated carbocycles. The number of hydrogen-bond donors (Lipinski definition) is 1. The molecule has 0 spiro atoms. The Morgan fingerprint density at radius 2 is 1.93 bits per heavy atom. The molecule has 0 bridgehead atoms. The molecule has 1 aromatic rings. The van der Waals surface area contributed by atoms with E-state index in [0.29, 0.717) is 17.6 Å². The molecule has 3 unspecified atom stereocenters. The first-order valence-electron chi connectivity index (χ1n) is 9.33. The van der Waals surface area contributed by atoms with Gasteiger partial charge >= 0.3 is 0 Å². The third-order valence-corrected chi connectivity index (χ3v) is 7.73. The van der Waals surface area contributed by atoms with E-state index in [1.165, 1.54) is 23.4 Å². The van der Waals surface area contributed by atoms with Gasteiger partial charge < -0.3 is 0 Å². The Morgan fingerprint density at radius 1 is 1.22 bits per heavy atom. The summed E-state index contributed by atoms with van der Waals surface area (Å²) in [7, 11) is -1.70. The second-order valence-corrected chi connectivity index (χ2v) is 10.5. The molecule has 8 heteroatoms. The summed E-state index contributed by atoms with van der Waals surface area (Å²) in [4.78, 5) is 4.91. The predicted molar refractivity (Wildman–Crippen MR) is 115 cm³/mol. The lowest BCUT2D eigenvalue weighted by Crippen LogP contribution is -2.32. The van der Waals surface area contributed by atoms with Crippen molar-refractivity contribution in [3.63, 3.8) is 0 Å². The zero-order chi connectivity index (χ0) is 19.6. The quantitative estimate of drug-likeness (QED) is 0.829. The van der Waals surface area contributed by atoms with Crippen LogP contribution in [0.15, 0.2) is 34.4 Å². The molecule has 1 fully saturated rings. The van der Waals surface area contributed by atoms with Crippen LogP contribution in [0.25, 0.3) is 0 Å². The Kier molecular flexibility index (Phi) is 6.15. The summed E-state index contributed by atoms with van der Waals surface area (Å²) in [5.74, 6) is 2.09. The minimum Gasteiger partial charge on any atom is -0.274 e. The third-order valence-electron chi connectivity index (χ3n) is 5.64. The fourth-order valence-electron chi connectivity index (χ4n) is 3.47. The Hall–Kier alpha value is -1.54. The summed E-state index contributed by atoms with van der Waals surface area (Å²) in [6.07, 6.45) is 4.90. The third kappa shape index (κ3) is 4.85. The van der Waals surface area contributed by atoms with Crippen LogP contribution in [0.4, 0.5) is 5.69 Å². The highest BCUT2D eigenvalue weighted by molar-refractivity contribution is 8.14. The summed E-state index contributed by atoms with van der Waals surface area (Å²) in [6, 6.07) is 7.80. The van der Waals surface area contributed by atoms with Crippen LogP contribution in [-0.2, 0) is 10.0 Å². The maximum atomic E-state index is 11.6. The van der Waals surface area contributed by atoms with Crippen molar-refractivity contribution in [1.29, 1.82) is 0 Å². The van der Waals surface area contributed by atoms with Gasteiger partial charge in [0.15, 0.2) is 5.17 Å². The monoisotopic (exact) mass is 408 g/mol. The molecule has 1 aromatic carbocycles. The van der Waals surface area contributed by atoms with Crippen LogP contribution in [0, 0.1) is 11.8 Å². The molecule has 0 aromatic heterocycles. The van der Waals surface area contributed by atoms with Crippen molar-refractivity contribution in [2.24, 2.45) is 21.9 Å². The Bertz CT molecular complexity index is 834. The number of nitrogens with zero attached hydrogens (tertiary/aromatic N) is 3. The van der Waals surface area contributed by atoms with E-state index in [1.807, 2.05) is 12.1 Å². The molecule has 6 nitrogen and oxygen atoms in total. The van der Waals surface area contributed by atoms with Gasteiger partial charge in [-0.25, -0.2) is 8.42 Å². The minimum atomic E-state index is -3.25. The van der Waals surface area contributed by atoms with Crippen molar-refractivity contribution < 1.29 is 8.42 Å². The molecule has 1 N–H and O–H groups in total. The van der Waals surface area contributed by atoms with Gasteiger partial charge in [0.25, 0.3) is 0 Å². The van der Waals surface area contributed by atoms with E-state index < -0.39 is 10.0 Å². The van der Waals surface area contributed by atoms with Crippen LogP contribution in [-0.4, -0.2) is 44.4 Å². The van der Waals surface area contributed by atoms with Gasteiger partial charge in [0.05, 0.1) is 23.7 Å². The topological polar surface area (TPSA) is 74.1 Å². The fourth-order valence-corrected chi connectivity index (χ4v) is 4.80. The Morgan fingerprint density at radius 3 is 2.52 bits per heavy atom. The molecule has 3 rings (SSSR count). The lowest BCUT2D eigenvalue weighted by Gasteiger charge is -2.32. The summed E-state index contributed by atoms with van der Waals surface area (Å²) < 4.78 is 24.5. The first-order chi connectivity index (χ1) is 12.8. The summed E-state index contributed by atoms with van der Waals surface area (Å²) >= 11 is 1.68. The maximum absolute atomic E-state index is 11.6. The molecule has 1 aliphatic heterocycles. The lowest BCUT2D eigenvalue weighted by molar-refractivity contribution is 0.241. The fraction of sp³-hybridized carbons (Fsp3) is 0.579.